The predicted molar refractivity (Wildman–Crippen MR) is 78.7 cm³/mol. The average molecular weight is 284 g/mol. The molecule has 1 aromatic carbocycles. The van der Waals surface area contributed by atoms with Crippen LogP contribution in [0.15, 0.2) is 23.1 Å². The van der Waals surface area contributed by atoms with Crippen LogP contribution in [0.3, 0.4) is 0 Å². The van der Waals surface area contributed by atoms with Crippen LogP contribution in [0.2, 0.25) is 0 Å². The first kappa shape index (κ1) is 16.1. The van der Waals surface area contributed by atoms with Crippen LogP contribution in [-0.2, 0) is 16.6 Å². The number of nitrogens with one attached hydrogen (secondary N) is 1. The Hall–Kier alpha value is -0.910. The molecule has 4 nitrogen and oxygen atoms in total. The monoisotopic (exact) mass is 284 g/mol. The molecule has 0 spiro atoms. The SMILES string of the molecule is CCCNCc1cccc(S(=O)(=O)N(C)CC)c1C. The third-order valence-corrected chi connectivity index (χ3v) is 5.35. The van der Waals surface area contributed by atoms with Gasteiger partial charge in [0, 0.05) is 20.1 Å². The van der Waals surface area contributed by atoms with Crippen molar-refractivity contribution >= 4 is 10.0 Å². The Bertz CT molecular complexity index is 512. The quantitative estimate of drug-likeness (QED) is 0.780. The van der Waals surface area contributed by atoms with Crippen molar-refractivity contribution in [3.8, 4) is 0 Å². The molecule has 5 heteroatoms. The van der Waals surface area contributed by atoms with Crippen LogP contribution in [0.4, 0.5) is 0 Å². The first-order valence-corrected chi connectivity index (χ1v) is 8.14. The smallest absolute Gasteiger partial charge is 0.243 e. The van der Waals surface area contributed by atoms with Crippen LogP contribution >= 0.6 is 0 Å². The van der Waals surface area contributed by atoms with Gasteiger partial charge < -0.3 is 5.32 Å². The molecule has 0 fully saturated rings. The van der Waals surface area contributed by atoms with Gasteiger partial charge >= 0.3 is 0 Å². The summed E-state index contributed by atoms with van der Waals surface area (Å²) in [7, 11) is -1.76. The molecule has 0 atom stereocenters. The van der Waals surface area contributed by atoms with E-state index in [4.69, 9.17) is 0 Å². The molecule has 1 aromatic rings. The van der Waals surface area contributed by atoms with Crippen molar-refractivity contribution in [2.75, 3.05) is 20.1 Å². The van der Waals surface area contributed by atoms with E-state index in [2.05, 4.69) is 12.2 Å². The standard InChI is InChI=1S/C14H24N2O2S/c1-5-10-15-11-13-8-7-9-14(12(13)3)19(17,18)16(4)6-2/h7-9,15H,5-6,10-11H2,1-4H3. The summed E-state index contributed by atoms with van der Waals surface area (Å²) < 4.78 is 26.1. The second kappa shape index (κ2) is 7.03. The van der Waals surface area contributed by atoms with E-state index in [1.54, 1.807) is 13.1 Å². The summed E-state index contributed by atoms with van der Waals surface area (Å²) in [6.45, 7) is 7.93. The van der Waals surface area contributed by atoms with Gasteiger partial charge in [-0.1, -0.05) is 26.0 Å². The summed E-state index contributed by atoms with van der Waals surface area (Å²) in [4.78, 5) is 0.410. The van der Waals surface area contributed by atoms with E-state index in [1.165, 1.54) is 4.31 Å². The van der Waals surface area contributed by atoms with Crippen molar-refractivity contribution in [1.29, 1.82) is 0 Å². The van der Waals surface area contributed by atoms with Gasteiger partial charge in [-0.3, -0.25) is 0 Å². The Morgan fingerprint density at radius 2 is 1.95 bits per heavy atom. The largest absolute Gasteiger partial charge is 0.313 e. The number of hydrogen-bond donors (Lipinski definition) is 1. The fraction of sp³-hybridized carbons (Fsp3) is 0.571. The van der Waals surface area contributed by atoms with Crippen molar-refractivity contribution in [2.24, 2.45) is 0 Å². The summed E-state index contributed by atoms with van der Waals surface area (Å²) in [5, 5.41) is 3.31. The first-order chi connectivity index (χ1) is 8.95. The third-order valence-electron chi connectivity index (χ3n) is 3.27. The van der Waals surface area contributed by atoms with Gasteiger partial charge in [0.05, 0.1) is 4.90 Å². The lowest BCUT2D eigenvalue weighted by atomic mass is 10.1. The highest BCUT2D eigenvalue weighted by Crippen LogP contribution is 2.21. The van der Waals surface area contributed by atoms with Crippen LogP contribution in [0.5, 0.6) is 0 Å². The molecule has 0 aromatic heterocycles. The molecule has 0 heterocycles. The van der Waals surface area contributed by atoms with E-state index in [1.807, 2.05) is 26.0 Å². The molecular weight excluding hydrogens is 260 g/mol. The topological polar surface area (TPSA) is 49.4 Å². The van der Waals surface area contributed by atoms with Gasteiger partial charge in [-0.15, -0.1) is 0 Å². The Labute approximate surface area is 116 Å². The molecule has 19 heavy (non-hydrogen) atoms. The minimum Gasteiger partial charge on any atom is -0.313 e. The first-order valence-electron chi connectivity index (χ1n) is 6.70. The van der Waals surface area contributed by atoms with Crippen molar-refractivity contribution in [3.05, 3.63) is 29.3 Å². The molecule has 0 aliphatic heterocycles. The molecule has 0 bridgehead atoms. The highest BCUT2D eigenvalue weighted by atomic mass is 32.2. The van der Waals surface area contributed by atoms with E-state index in [0.29, 0.717) is 18.0 Å². The Balaban J connectivity index is 3.07. The molecule has 0 amide bonds. The lowest BCUT2D eigenvalue weighted by molar-refractivity contribution is 0.485. The van der Waals surface area contributed by atoms with E-state index in [-0.39, 0.29) is 0 Å². The Kier molecular flexibility index (Phi) is 5.97. The second-order valence-electron chi connectivity index (χ2n) is 4.64. The van der Waals surface area contributed by atoms with E-state index in [9.17, 15) is 8.42 Å². The van der Waals surface area contributed by atoms with Crippen molar-refractivity contribution < 1.29 is 8.42 Å². The van der Waals surface area contributed by atoms with Gasteiger partial charge in [0.15, 0.2) is 0 Å². The molecule has 0 aliphatic rings. The minimum atomic E-state index is -3.37. The molecule has 1 N–H and O–H groups in total. The maximum Gasteiger partial charge on any atom is 0.243 e. The average Bonchev–Trinajstić information content (AvgIpc) is 2.39. The van der Waals surface area contributed by atoms with Crippen molar-refractivity contribution in [1.82, 2.24) is 9.62 Å². The zero-order valence-electron chi connectivity index (χ0n) is 12.2. The maximum absolute atomic E-state index is 12.4. The predicted octanol–water partition coefficient (Wildman–Crippen LogP) is 2.14. The van der Waals surface area contributed by atoms with Crippen molar-refractivity contribution in [3.63, 3.8) is 0 Å². The van der Waals surface area contributed by atoms with E-state index in [0.717, 1.165) is 24.1 Å². The highest BCUT2D eigenvalue weighted by Gasteiger charge is 2.22. The van der Waals surface area contributed by atoms with Gasteiger partial charge in [0.1, 0.15) is 0 Å². The summed E-state index contributed by atoms with van der Waals surface area (Å²) in [5.41, 5.74) is 1.88. The van der Waals surface area contributed by atoms with Gasteiger partial charge in [-0.25, -0.2) is 12.7 Å². The molecule has 0 saturated carbocycles. The summed E-state index contributed by atoms with van der Waals surface area (Å²) in [6.07, 6.45) is 1.07. The van der Waals surface area contributed by atoms with Gasteiger partial charge in [0.25, 0.3) is 0 Å². The summed E-state index contributed by atoms with van der Waals surface area (Å²) in [5.74, 6) is 0. The number of rotatable bonds is 7. The van der Waals surface area contributed by atoms with Crippen LogP contribution < -0.4 is 5.32 Å². The Morgan fingerprint density at radius 1 is 1.26 bits per heavy atom. The molecule has 0 saturated heterocycles. The zero-order chi connectivity index (χ0) is 14.5. The molecule has 1 rings (SSSR count). The van der Waals surface area contributed by atoms with E-state index >= 15 is 0 Å². The number of benzene rings is 1. The van der Waals surface area contributed by atoms with E-state index < -0.39 is 10.0 Å². The van der Waals surface area contributed by atoms with Gasteiger partial charge in [0.2, 0.25) is 10.0 Å². The lowest BCUT2D eigenvalue weighted by Crippen LogP contribution is -2.27. The fourth-order valence-corrected chi connectivity index (χ4v) is 3.31. The molecular formula is C14H24N2O2S. The molecule has 0 aliphatic carbocycles. The Morgan fingerprint density at radius 3 is 2.53 bits per heavy atom. The highest BCUT2D eigenvalue weighted by molar-refractivity contribution is 7.89. The maximum atomic E-state index is 12.4. The van der Waals surface area contributed by atoms with Gasteiger partial charge in [-0.05, 0) is 37.1 Å². The molecule has 0 unspecified atom stereocenters. The second-order valence-corrected chi connectivity index (χ2v) is 6.65. The van der Waals surface area contributed by atoms with Crippen LogP contribution in [-0.4, -0.2) is 32.9 Å². The lowest BCUT2D eigenvalue weighted by Gasteiger charge is -2.18. The van der Waals surface area contributed by atoms with Crippen LogP contribution in [0, 0.1) is 6.92 Å². The number of sulfonamides is 1. The number of nitrogens with zero attached hydrogens (tertiary/aromatic N) is 1. The van der Waals surface area contributed by atoms with Gasteiger partial charge in [-0.2, -0.15) is 0 Å². The van der Waals surface area contributed by atoms with Crippen LogP contribution in [0.1, 0.15) is 31.4 Å². The molecule has 0 radical (unpaired) electrons. The zero-order valence-corrected chi connectivity index (χ0v) is 13.0. The third kappa shape index (κ3) is 3.78. The normalized spacial score (nSPS) is 12.1. The summed E-state index contributed by atoms with van der Waals surface area (Å²) in [6, 6.07) is 5.47. The minimum absolute atomic E-state index is 0.410. The number of hydrogen-bond acceptors (Lipinski definition) is 3. The summed E-state index contributed by atoms with van der Waals surface area (Å²) >= 11 is 0. The molecule has 108 valence electrons. The van der Waals surface area contributed by atoms with Crippen molar-refractivity contribution in [2.45, 2.75) is 38.6 Å². The fourth-order valence-electron chi connectivity index (χ4n) is 1.87. The van der Waals surface area contributed by atoms with Crippen LogP contribution in [0.25, 0.3) is 0 Å².